The summed E-state index contributed by atoms with van der Waals surface area (Å²) in [6, 6.07) is 3.81. The van der Waals surface area contributed by atoms with Crippen molar-refractivity contribution >= 4 is 30.1 Å². The number of aromatic hydroxyl groups is 1. The average molecular weight is 622 g/mol. The number of aliphatic hydroxyl groups excluding tert-OH is 1. The van der Waals surface area contributed by atoms with Crippen molar-refractivity contribution in [1.29, 1.82) is 0 Å². The first-order valence-corrected chi connectivity index (χ1v) is 13.6. The first-order valence-electron chi connectivity index (χ1n) is 13.6. The fourth-order valence-corrected chi connectivity index (χ4v) is 3.87. The number of allylic oxidation sites excluding steroid dienone is 3. The SMILES string of the molecule is C=C(/C=C\C=C(/CO)C(=O)N(C)CCCN(CCCNC(C)CCC(=O)O)C(=O)c1cccc(OC(=O)O)c1O)OC(=O)O. The number of para-hydroxylation sites is 1. The van der Waals surface area contributed by atoms with Gasteiger partial charge in [-0.3, -0.25) is 14.4 Å². The zero-order valence-corrected chi connectivity index (χ0v) is 24.6. The molecule has 44 heavy (non-hydrogen) atoms. The molecule has 1 atom stereocenters. The molecule has 2 amide bonds. The van der Waals surface area contributed by atoms with Gasteiger partial charge in [0.25, 0.3) is 11.8 Å². The van der Waals surface area contributed by atoms with Crippen LogP contribution < -0.4 is 10.1 Å². The Bertz CT molecular complexity index is 1240. The first kappa shape index (κ1) is 37.1. The molecule has 1 aromatic rings. The summed E-state index contributed by atoms with van der Waals surface area (Å²) in [4.78, 5) is 61.2. The highest BCUT2D eigenvalue weighted by Gasteiger charge is 2.23. The van der Waals surface area contributed by atoms with Gasteiger partial charge >= 0.3 is 18.3 Å². The first-order chi connectivity index (χ1) is 20.8. The number of phenols is 1. The molecule has 0 aliphatic rings. The van der Waals surface area contributed by atoms with Crippen LogP contribution in [0.1, 0.15) is 43.0 Å². The molecule has 0 aliphatic carbocycles. The van der Waals surface area contributed by atoms with E-state index in [2.05, 4.69) is 21.4 Å². The van der Waals surface area contributed by atoms with Crippen LogP contribution in [0.2, 0.25) is 0 Å². The number of hydrogen-bond acceptors (Lipinski definition) is 10. The summed E-state index contributed by atoms with van der Waals surface area (Å²) in [6.45, 7) is 5.60. The number of carboxylic acids is 1. The third-order valence-corrected chi connectivity index (χ3v) is 6.11. The van der Waals surface area contributed by atoms with E-state index in [1.807, 2.05) is 6.92 Å². The maximum atomic E-state index is 13.4. The summed E-state index contributed by atoms with van der Waals surface area (Å²) >= 11 is 0. The fourth-order valence-electron chi connectivity index (χ4n) is 3.87. The van der Waals surface area contributed by atoms with E-state index in [0.29, 0.717) is 25.8 Å². The maximum Gasteiger partial charge on any atom is 0.511 e. The molecule has 242 valence electrons. The minimum absolute atomic E-state index is 0.00284. The van der Waals surface area contributed by atoms with Crippen molar-refractivity contribution in [2.24, 2.45) is 0 Å². The van der Waals surface area contributed by atoms with Crippen LogP contribution in [0.4, 0.5) is 9.59 Å². The van der Waals surface area contributed by atoms with Crippen molar-refractivity contribution in [3.05, 3.63) is 59.9 Å². The second-order valence-corrected chi connectivity index (χ2v) is 9.58. The standard InChI is InChI=1S/C29H39N3O12/c1-19(12-13-24(34)35)30-14-6-16-32(27(38)22-10-5-11-23(25(22)36)44-29(41)42)17-7-15-31(3)26(37)21(18-33)9-4-8-20(2)43-28(39)40/h4-5,8-11,19,30,33,36H,2,6-7,12-18H2,1,3H3,(H,34,35)(H,39,40)(H,41,42)/b8-4-,21-9+. The molecule has 1 rings (SSSR count). The van der Waals surface area contributed by atoms with Crippen LogP contribution in [-0.2, 0) is 14.3 Å². The minimum Gasteiger partial charge on any atom is -0.504 e. The third-order valence-electron chi connectivity index (χ3n) is 6.11. The number of aliphatic carboxylic acids is 1. The Morgan fingerprint density at radius 1 is 1.05 bits per heavy atom. The summed E-state index contributed by atoms with van der Waals surface area (Å²) in [7, 11) is 1.50. The highest BCUT2D eigenvalue weighted by molar-refractivity contribution is 5.98. The lowest BCUT2D eigenvalue weighted by Crippen LogP contribution is -2.37. The Morgan fingerprint density at radius 2 is 1.73 bits per heavy atom. The van der Waals surface area contributed by atoms with Gasteiger partial charge in [0.2, 0.25) is 0 Å². The zero-order valence-electron chi connectivity index (χ0n) is 24.6. The number of rotatable bonds is 19. The van der Waals surface area contributed by atoms with Crippen LogP contribution in [0, 0.1) is 0 Å². The molecule has 0 bridgehead atoms. The molecule has 15 heteroatoms. The average Bonchev–Trinajstić information content (AvgIpc) is 2.95. The summed E-state index contributed by atoms with van der Waals surface area (Å²) in [5, 5.41) is 49.7. The quantitative estimate of drug-likeness (QED) is 0.0327. The van der Waals surface area contributed by atoms with Crippen LogP contribution >= 0.6 is 0 Å². The topological polar surface area (TPSA) is 223 Å². The van der Waals surface area contributed by atoms with Crippen LogP contribution in [-0.4, -0.2) is 111 Å². The van der Waals surface area contributed by atoms with Gasteiger partial charge in [-0.15, -0.1) is 0 Å². The van der Waals surface area contributed by atoms with Crippen molar-refractivity contribution < 1.29 is 59.0 Å². The van der Waals surface area contributed by atoms with E-state index in [0.717, 1.165) is 0 Å². The molecular weight excluding hydrogens is 582 g/mol. The number of amides is 2. The van der Waals surface area contributed by atoms with Crippen molar-refractivity contribution in [1.82, 2.24) is 15.1 Å². The van der Waals surface area contributed by atoms with Gasteiger partial charge in [-0.1, -0.05) is 24.8 Å². The summed E-state index contributed by atoms with van der Waals surface area (Å²) in [5.41, 5.74) is -0.176. The van der Waals surface area contributed by atoms with Crippen LogP contribution in [0.5, 0.6) is 11.5 Å². The molecule has 0 heterocycles. The second kappa shape index (κ2) is 19.3. The van der Waals surface area contributed by atoms with E-state index in [9.17, 15) is 34.2 Å². The monoisotopic (exact) mass is 621 g/mol. The number of benzene rings is 1. The Balaban J connectivity index is 2.94. The molecule has 0 aromatic heterocycles. The number of hydrogen-bond donors (Lipinski definition) is 6. The van der Waals surface area contributed by atoms with Crippen molar-refractivity contribution in [2.45, 2.75) is 38.6 Å². The maximum absolute atomic E-state index is 13.4. The predicted molar refractivity (Wildman–Crippen MR) is 156 cm³/mol. The fraction of sp³-hybridized carbons (Fsp3) is 0.414. The number of nitrogens with zero attached hydrogens (tertiary/aromatic N) is 2. The highest BCUT2D eigenvalue weighted by atomic mass is 16.7. The lowest BCUT2D eigenvalue weighted by atomic mass is 10.1. The number of nitrogens with one attached hydrogen (secondary N) is 1. The van der Waals surface area contributed by atoms with Gasteiger partial charge in [0, 0.05) is 44.7 Å². The molecule has 0 radical (unpaired) electrons. The van der Waals surface area contributed by atoms with E-state index in [-0.39, 0.29) is 49.0 Å². The number of carboxylic acid groups (broad SMARTS) is 3. The lowest BCUT2D eigenvalue weighted by molar-refractivity contribution is -0.137. The molecule has 1 unspecified atom stereocenters. The van der Waals surface area contributed by atoms with E-state index >= 15 is 0 Å². The van der Waals surface area contributed by atoms with Crippen molar-refractivity contribution in [3.63, 3.8) is 0 Å². The number of carbonyl (C=O) groups excluding carboxylic acids is 2. The Hall–Kier alpha value is -4.89. The van der Waals surface area contributed by atoms with Gasteiger partial charge in [-0.05, 0) is 50.9 Å². The van der Waals surface area contributed by atoms with Gasteiger partial charge in [0.1, 0.15) is 5.76 Å². The number of aliphatic hydroxyl groups is 1. The van der Waals surface area contributed by atoms with Gasteiger partial charge in [0.05, 0.1) is 12.2 Å². The van der Waals surface area contributed by atoms with Crippen LogP contribution in [0.15, 0.2) is 54.3 Å². The molecule has 0 spiro atoms. The van der Waals surface area contributed by atoms with Crippen molar-refractivity contribution in [3.8, 4) is 11.5 Å². The van der Waals surface area contributed by atoms with Gasteiger partial charge in [-0.25, -0.2) is 9.59 Å². The minimum atomic E-state index is -1.66. The molecule has 1 aromatic carbocycles. The molecule has 0 fully saturated rings. The number of likely N-dealkylation sites (N-methyl/N-ethyl adjacent to an activating group) is 1. The molecule has 0 aliphatic heterocycles. The van der Waals surface area contributed by atoms with Crippen LogP contribution in [0.3, 0.4) is 0 Å². The molecule has 6 N–H and O–H groups in total. The highest BCUT2D eigenvalue weighted by Crippen LogP contribution is 2.31. The number of ether oxygens (including phenoxy) is 2. The number of phenolic OH excluding ortho intramolecular Hbond substituents is 1. The molecule has 0 saturated carbocycles. The van der Waals surface area contributed by atoms with E-state index < -0.39 is 48.2 Å². The number of carbonyl (C=O) groups is 5. The Kier molecular flexibility index (Phi) is 16.3. The lowest BCUT2D eigenvalue weighted by Gasteiger charge is -2.25. The second-order valence-electron chi connectivity index (χ2n) is 9.58. The van der Waals surface area contributed by atoms with E-state index in [1.54, 1.807) is 0 Å². The summed E-state index contributed by atoms with van der Waals surface area (Å²) in [6.07, 6.45) is 1.76. The van der Waals surface area contributed by atoms with Gasteiger partial charge in [0.15, 0.2) is 11.5 Å². The van der Waals surface area contributed by atoms with Gasteiger partial charge in [-0.2, -0.15) is 0 Å². The third kappa shape index (κ3) is 13.8. The van der Waals surface area contributed by atoms with E-state index in [4.69, 9.17) is 15.3 Å². The normalized spacial score (nSPS) is 11.9. The summed E-state index contributed by atoms with van der Waals surface area (Å²) < 4.78 is 8.88. The molecule has 0 saturated heterocycles. The predicted octanol–water partition coefficient (Wildman–Crippen LogP) is 2.66. The molecular formula is C29H39N3O12. The van der Waals surface area contributed by atoms with E-state index in [1.165, 1.54) is 53.3 Å². The largest absolute Gasteiger partial charge is 0.511 e. The Labute approximate surface area is 254 Å². The van der Waals surface area contributed by atoms with Gasteiger partial charge < -0.3 is 50.1 Å². The Morgan fingerprint density at radius 3 is 2.34 bits per heavy atom. The van der Waals surface area contributed by atoms with Crippen LogP contribution in [0.25, 0.3) is 0 Å². The van der Waals surface area contributed by atoms with Crippen molar-refractivity contribution in [2.75, 3.05) is 39.8 Å². The zero-order chi connectivity index (χ0) is 33.2. The summed E-state index contributed by atoms with van der Waals surface area (Å²) in [5.74, 6) is -3.25. The molecule has 15 nitrogen and oxygen atoms in total. The smallest absolute Gasteiger partial charge is 0.504 e.